The smallest absolute Gasteiger partial charge is 0.349 e. The fourth-order valence-electron chi connectivity index (χ4n) is 2.05. The highest BCUT2D eigenvalue weighted by Gasteiger charge is 2.34. The Kier molecular flexibility index (Phi) is 3.98. The summed E-state index contributed by atoms with van der Waals surface area (Å²) in [7, 11) is 0. The molecule has 1 aliphatic rings. The molecule has 0 bridgehead atoms. The highest BCUT2D eigenvalue weighted by molar-refractivity contribution is 5.89. The average Bonchev–Trinajstić information content (AvgIpc) is 2.94. The molecular weight excluding hydrogens is 265 g/mol. The lowest BCUT2D eigenvalue weighted by Gasteiger charge is -2.17. The lowest BCUT2D eigenvalue weighted by molar-refractivity contribution is -0.143. The predicted octanol–water partition coefficient (Wildman–Crippen LogP) is -0.186. The van der Waals surface area contributed by atoms with E-state index >= 15 is 0 Å². The lowest BCUT2D eigenvalue weighted by atomic mass is 10.1. The van der Waals surface area contributed by atoms with Gasteiger partial charge in [0.1, 0.15) is 0 Å². The van der Waals surface area contributed by atoms with E-state index < -0.39 is 18.6 Å². The number of likely N-dealkylation sites (tertiary alicyclic amines) is 1. The van der Waals surface area contributed by atoms with Gasteiger partial charge in [0.05, 0.1) is 6.54 Å². The molecule has 0 saturated carbocycles. The molecule has 1 saturated heterocycles. The number of carbonyl (C=O) groups is 1. The van der Waals surface area contributed by atoms with Crippen LogP contribution in [0.3, 0.4) is 0 Å². The molecule has 0 radical (unpaired) electrons. The summed E-state index contributed by atoms with van der Waals surface area (Å²) in [5, 5.41) is 15.0. The van der Waals surface area contributed by atoms with Crippen LogP contribution in [-0.4, -0.2) is 63.8 Å². The second kappa shape index (κ2) is 5.51. The third-order valence-electron chi connectivity index (χ3n) is 2.87. The van der Waals surface area contributed by atoms with Crippen LogP contribution in [0.5, 0.6) is 0 Å². The molecule has 19 heavy (non-hydrogen) atoms. The molecule has 0 aromatic carbocycles. The number of hydrogen-bond donors (Lipinski definition) is 2. The van der Waals surface area contributed by atoms with E-state index in [0.717, 1.165) is 0 Å². The van der Waals surface area contributed by atoms with Crippen LogP contribution in [-0.2, 0) is 0 Å². The Morgan fingerprint density at radius 3 is 2.95 bits per heavy atom. The fraction of sp³-hybridized carbons (Fsp3) is 0.778. The van der Waals surface area contributed by atoms with Gasteiger partial charge < -0.3 is 5.32 Å². The van der Waals surface area contributed by atoms with Crippen molar-refractivity contribution < 1.29 is 18.0 Å². The van der Waals surface area contributed by atoms with Gasteiger partial charge in [-0.15, -0.1) is 10.2 Å². The number of aromatic nitrogens is 4. The summed E-state index contributed by atoms with van der Waals surface area (Å²) in [5.41, 5.74) is 0. The van der Waals surface area contributed by atoms with Crippen LogP contribution < -0.4 is 5.32 Å². The number of tetrazole rings is 1. The maximum Gasteiger partial charge on any atom is 0.401 e. The van der Waals surface area contributed by atoms with Crippen LogP contribution >= 0.6 is 0 Å². The van der Waals surface area contributed by atoms with Crippen LogP contribution in [0.15, 0.2) is 0 Å². The second-order valence-electron chi connectivity index (χ2n) is 4.45. The molecular formula is C9H13F3N6O. The quantitative estimate of drug-likeness (QED) is 0.797. The standard InChI is InChI=1S/C9H13F3N6O/c10-9(11,12)5-18-2-1-6(4-18)3-13-8(19)7-14-16-17-15-7/h6H,1-5H2,(H,13,19)(H,14,15,16,17). The number of alkyl halides is 3. The van der Waals surface area contributed by atoms with Gasteiger partial charge in [0.15, 0.2) is 0 Å². The average molecular weight is 278 g/mol. The van der Waals surface area contributed by atoms with Crippen molar-refractivity contribution in [2.24, 2.45) is 5.92 Å². The molecule has 106 valence electrons. The van der Waals surface area contributed by atoms with Crippen molar-refractivity contribution in [2.45, 2.75) is 12.6 Å². The van der Waals surface area contributed by atoms with Gasteiger partial charge in [0, 0.05) is 13.1 Å². The monoisotopic (exact) mass is 278 g/mol. The summed E-state index contributed by atoms with van der Waals surface area (Å²) in [6.45, 7) is 0.123. The minimum absolute atomic E-state index is 0.0122. The van der Waals surface area contributed by atoms with Crippen LogP contribution in [0, 0.1) is 5.92 Å². The first-order chi connectivity index (χ1) is 8.94. The summed E-state index contributed by atoms with van der Waals surface area (Å²) in [5.74, 6) is -0.550. The van der Waals surface area contributed by atoms with Gasteiger partial charge in [0.2, 0.25) is 0 Å². The number of aromatic amines is 1. The molecule has 10 heteroatoms. The molecule has 1 atom stereocenters. The van der Waals surface area contributed by atoms with Gasteiger partial charge in [-0.2, -0.15) is 18.4 Å². The molecule has 1 aromatic rings. The van der Waals surface area contributed by atoms with E-state index in [-0.39, 0.29) is 11.7 Å². The Morgan fingerprint density at radius 2 is 2.32 bits per heavy atom. The summed E-state index contributed by atoms with van der Waals surface area (Å²) in [6, 6.07) is 0. The van der Waals surface area contributed by atoms with Crippen molar-refractivity contribution >= 4 is 5.91 Å². The number of H-pyrrole nitrogens is 1. The number of nitrogens with one attached hydrogen (secondary N) is 2. The molecule has 0 spiro atoms. The summed E-state index contributed by atoms with van der Waals surface area (Å²) in [4.78, 5) is 12.8. The van der Waals surface area contributed by atoms with Crippen molar-refractivity contribution in [1.82, 2.24) is 30.8 Å². The molecule has 1 unspecified atom stereocenters. The molecule has 2 N–H and O–H groups in total. The van der Waals surface area contributed by atoms with Crippen molar-refractivity contribution in [1.29, 1.82) is 0 Å². The normalized spacial score (nSPS) is 20.7. The Labute approximate surface area is 106 Å². The van der Waals surface area contributed by atoms with Gasteiger partial charge in [-0.1, -0.05) is 0 Å². The maximum atomic E-state index is 12.2. The number of rotatable bonds is 4. The third kappa shape index (κ3) is 4.16. The van der Waals surface area contributed by atoms with E-state index in [1.807, 2.05) is 0 Å². The Hall–Kier alpha value is -1.71. The lowest BCUT2D eigenvalue weighted by Crippen LogP contribution is -2.35. The summed E-state index contributed by atoms with van der Waals surface area (Å²) >= 11 is 0. The summed E-state index contributed by atoms with van der Waals surface area (Å²) in [6.07, 6.45) is -3.55. The SMILES string of the molecule is O=C(NCC1CCN(CC(F)(F)F)C1)c1nn[nH]n1. The highest BCUT2D eigenvalue weighted by atomic mass is 19.4. The summed E-state index contributed by atoms with van der Waals surface area (Å²) < 4.78 is 36.6. The minimum Gasteiger partial charge on any atom is -0.349 e. The topological polar surface area (TPSA) is 86.8 Å². The maximum absolute atomic E-state index is 12.2. The molecule has 1 fully saturated rings. The first kappa shape index (κ1) is 13.7. The van der Waals surface area contributed by atoms with Gasteiger partial charge in [-0.25, -0.2) is 0 Å². The van der Waals surface area contributed by atoms with Crippen LogP contribution in [0.25, 0.3) is 0 Å². The zero-order valence-corrected chi connectivity index (χ0v) is 9.94. The largest absolute Gasteiger partial charge is 0.401 e. The molecule has 1 aromatic heterocycles. The molecule has 1 amide bonds. The molecule has 2 heterocycles. The Balaban J connectivity index is 1.72. The predicted molar refractivity (Wildman–Crippen MR) is 57.1 cm³/mol. The number of halogens is 3. The van der Waals surface area contributed by atoms with Crippen molar-refractivity contribution in [3.05, 3.63) is 5.82 Å². The molecule has 0 aliphatic carbocycles. The van der Waals surface area contributed by atoms with Crippen LogP contribution in [0.2, 0.25) is 0 Å². The van der Waals surface area contributed by atoms with Crippen LogP contribution in [0.1, 0.15) is 17.0 Å². The molecule has 1 aliphatic heterocycles. The van der Waals surface area contributed by atoms with Crippen molar-refractivity contribution in [3.63, 3.8) is 0 Å². The minimum atomic E-state index is -4.18. The fourth-order valence-corrected chi connectivity index (χ4v) is 2.05. The van der Waals surface area contributed by atoms with E-state index in [2.05, 4.69) is 25.9 Å². The number of amides is 1. The molecule has 7 nitrogen and oxygen atoms in total. The van der Waals surface area contributed by atoms with Gasteiger partial charge in [-0.05, 0) is 24.1 Å². The Morgan fingerprint density at radius 1 is 1.53 bits per heavy atom. The number of hydrogen-bond acceptors (Lipinski definition) is 5. The van der Waals surface area contributed by atoms with Gasteiger partial charge in [-0.3, -0.25) is 9.69 Å². The third-order valence-corrected chi connectivity index (χ3v) is 2.87. The van der Waals surface area contributed by atoms with E-state index in [1.54, 1.807) is 0 Å². The van der Waals surface area contributed by atoms with Crippen LogP contribution in [0.4, 0.5) is 13.2 Å². The number of nitrogens with zero attached hydrogens (tertiary/aromatic N) is 4. The number of carbonyl (C=O) groups excluding carboxylic acids is 1. The first-order valence-electron chi connectivity index (χ1n) is 5.75. The molecule has 2 rings (SSSR count). The van der Waals surface area contributed by atoms with E-state index in [0.29, 0.717) is 26.1 Å². The zero-order valence-electron chi connectivity index (χ0n) is 9.94. The zero-order chi connectivity index (χ0) is 13.9. The van der Waals surface area contributed by atoms with E-state index in [1.165, 1.54) is 4.90 Å². The Bertz CT molecular complexity index is 420. The van der Waals surface area contributed by atoms with Crippen molar-refractivity contribution in [3.8, 4) is 0 Å². The highest BCUT2D eigenvalue weighted by Crippen LogP contribution is 2.22. The van der Waals surface area contributed by atoms with Crippen molar-refractivity contribution in [2.75, 3.05) is 26.2 Å². The first-order valence-corrected chi connectivity index (χ1v) is 5.75. The van der Waals surface area contributed by atoms with E-state index in [9.17, 15) is 18.0 Å². The van der Waals surface area contributed by atoms with Gasteiger partial charge in [0.25, 0.3) is 11.7 Å². The second-order valence-corrected chi connectivity index (χ2v) is 4.45. The van der Waals surface area contributed by atoms with Gasteiger partial charge >= 0.3 is 6.18 Å². The van der Waals surface area contributed by atoms with E-state index in [4.69, 9.17) is 0 Å².